The van der Waals surface area contributed by atoms with Gasteiger partial charge in [-0.25, -0.2) is 19.0 Å². The quantitative estimate of drug-likeness (QED) is 0.520. The highest BCUT2D eigenvalue weighted by atomic mass is 19.1. The van der Waals surface area contributed by atoms with Crippen LogP contribution in [0.2, 0.25) is 0 Å². The Balaban J connectivity index is 1.69. The van der Waals surface area contributed by atoms with E-state index in [0.717, 1.165) is 28.1 Å². The lowest BCUT2D eigenvalue weighted by Crippen LogP contribution is -2.05. The van der Waals surface area contributed by atoms with Gasteiger partial charge in [-0.1, -0.05) is 43.3 Å². The molecule has 0 aliphatic carbocycles. The molecular formula is C23H24FN7. The van der Waals surface area contributed by atoms with Crippen molar-refractivity contribution < 1.29 is 4.39 Å². The maximum atomic E-state index is 14.8. The van der Waals surface area contributed by atoms with Crippen molar-refractivity contribution in [3.63, 3.8) is 0 Å². The molecule has 8 heteroatoms. The number of benzene rings is 1. The number of nitrogens with two attached hydrogens (primary N) is 1. The zero-order chi connectivity index (χ0) is 22.1. The molecule has 0 saturated heterocycles. The molecular weight excluding hydrogens is 393 g/mol. The van der Waals surface area contributed by atoms with Crippen LogP contribution in [0.5, 0.6) is 0 Å². The van der Waals surface area contributed by atoms with E-state index in [2.05, 4.69) is 39.1 Å². The fourth-order valence-electron chi connectivity index (χ4n) is 3.31. The van der Waals surface area contributed by atoms with Gasteiger partial charge in [0.1, 0.15) is 11.4 Å². The molecule has 0 aliphatic heterocycles. The highest BCUT2D eigenvalue weighted by molar-refractivity contribution is 5.67. The zero-order valence-electron chi connectivity index (χ0n) is 18.0. The molecule has 31 heavy (non-hydrogen) atoms. The molecule has 0 aliphatic rings. The van der Waals surface area contributed by atoms with Crippen molar-refractivity contribution in [1.82, 2.24) is 29.9 Å². The molecule has 3 heterocycles. The van der Waals surface area contributed by atoms with Crippen molar-refractivity contribution in [2.45, 2.75) is 40.2 Å². The summed E-state index contributed by atoms with van der Waals surface area (Å²) in [7, 11) is 0. The summed E-state index contributed by atoms with van der Waals surface area (Å²) in [6.45, 7) is 8.58. The van der Waals surface area contributed by atoms with Gasteiger partial charge in [0.25, 0.3) is 0 Å². The summed E-state index contributed by atoms with van der Waals surface area (Å²) in [6.07, 6.45) is 1.64. The lowest BCUT2D eigenvalue weighted by atomic mass is 10.0. The van der Waals surface area contributed by atoms with E-state index < -0.39 is 5.82 Å². The summed E-state index contributed by atoms with van der Waals surface area (Å²) in [5, 5.41) is 8.24. The topological polar surface area (TPSA) is 95.4 Å². The number of pyridine rings is 1. The van der Waals surface area contributed by atoms with Crippen LogP contribution in [0.1, 0.15) is 42.3 Å². The van der Waals surface area contributed by atoms with Crippen LogP contribution in [0.25, 0.3) is 22.8 Å². The number of nitrogens with zero attached hydrogens (tertiary/aromatic N) is 6. The molecule has 1 aromatic carbocycles. The van der Waals surface area contributed by atoms with Gasteiger partial charge in [-0.05, 0) is 43.0 Å². The minimum Gasteiger partial charge on any atom is -0.381 e. The van der Waals surface area contributed by atoms with Gasteiger partial charge in [-0.15, -0.1) is 5.10 Å². The Morgan fingerprint density at radius 1 is 1.03 bits per heavy atom. The van der Waals surface area contributed by atoms with Gasteiger partial charge in [0.2, 0.25) is 0 Å². The van der Waals surface area contributed by atoms with E-state index in [1.54, 1.807) is 10.9 Å². The average molecular weight is 417 g/mol. The highest BCUT2D eigenvalue weighted by Crippen LogP contribution is 2.28. The Hall–Kier alpha value is -3.68. The third-order valence-corrected chi connectivity index (χ3v) is 5.25. The van der Waals surface area contributed by atoms with Gasteiger partial charge in [0.05, 0.1) is 18.4 Å². The lowest BCUT2D eigenvalue weighted by Gasteiger charge is -2.10. The van der Waals surface area contributed by atoms with Crippen LogP contribution in [0, 0.1) is 19.7 Å². The molecule has 7 nitrogen and oxygen atoms in total. The first kappa shape index (κ1) is 20.6. The van der Waals surface area contributed by atoms with Gasteiger partial charge < -0.3 is 5.73 Å². The normalized spacial score (nSPS) is 11.3. The molecule has 0 unspecified atom stereocenters. The van der Waals surface area contributed by atoms with Gasteiger partial charge in [0, 0.05) is 11.3 Å². The average Bonchev–Trinajstić information content (AvgIpc) is 3.20. The number of hydrogen-bond donors (Lipinski definition) is 1. The van der Waals surface area contributed by atoms with E-state index >= 15 is 0 Å². The van der Waals surface area contributed by atoms with E-state index in [9.17, 15) is 4.39 Å². The van der Waals surface area contributed by atoms with Crippen LogP contribution in [0.15, 0.2) is 42.6 Å². The molecule has 4 rings (SSSR count). The Kier molecular flexibility index (Phi) is 5.46. The molecule has 0 radical (unpaired) electrons. The van der Waals surface area contributed by atoms with E-state index in [1.807, 2.05) is 50.2 Å². The fourth-order valence-corrected chi connectivity index (χ4v) is 3.31. The molecule has 3 aromatic heterocycles. The van der Waals surface area contributed by atoms with E-state index in [-0.39, 0.29) is 17.2 Å². The first-order valence-electron chi connectivity index (χ1n) is 10.1. The largest absolute Gasteiger partial charge is 0.381 e. The molecule has 0 spiro atoms. The van der Waals surface area contributed by atoms with E-state index in [0.29, 0.717) is 18.3 Å². The van der Waals surface area contributed by atoms with Crippen LogP contribution in [-0.4, -0.2) is 29.9 Å². The third kappa shape index (κ3) is 4.14. The Morgan fingerprint density at radius 3 is 2.58 bits per heavy atom. The third-order valence-electron chi connectivity index (χ3n) is 5.25. The zero-order valence-corrected chi connectivity index (χ0v) is 18.0. The fraction of sp³-hybridized carbons (Fsp3) is 0.261. The maximum absolute atomic E-state index is 14.8. The Labute approximate surface area is 180 Å². The van der Waals surface area contributed by atoms with Gasteiger partial charge in [-0.2, -0.15) is 0 Å². The van der Waals surface area contributed by atoms with Crippen molar-refractivity contribution in [1.29, 1.82) is 0 Å². The summed E-state index contributed by atoms with van der Waals surface area (Å²) in [4.78, 5) is 13.2. The second-order valence-corrected chi connectivity index (χ2v) is 7.85. The molecule has 2 N–H and O–H groups in total. The van der Waals surface area contributed by atoms with Crippen LogP contribution in [-0.2, 0) is 6.54 Å². The van der Waals surface area contributed by atoms with Crippen molar-refractivity contribution in [2.75, 3.05) is 5.73 Å². The van der Waals surface area contributed by atoms with Gasteiger partial charge in [0.15, 0.2) is 17.5 Å². The smallest absolute Gasteiger partial charge is 0.193 e. The monoisotopic (exact) mass is 417 g/mol. The highest BCUT2D eigenvalue weighted by Gasteiger charge is 2.19. The predicted octanol–water partition coefficient (Wildman–Crippen LogP) is 4.31. The molecule has 0 saturated carbocycles. The molecule has 0 bridgehead atoms. The summed E-state index contributed by atoms with van der Waals surface area (Å²) < 4.78 is 16.4. The van der Waals surface area contributed by atoms with Gasteiger partial charge in [-0.3, -0.25) is 4.98 Å². The minimum absolute atomic E-state index is 0.0264. The SMILES string of the molecule is Cc1cccc(-c2nc(N)c(F)c(-c3cn(Cc4cccc(C(C)C)n4)nn3)n2)c1C. The molecule has 0 atom stereocenters. The Morgan fingerprint density at radius 2 is 1.81 bits per heavy atom. The number of nitrogen functional groups attached to an aromatic ring is 1. The standard InChI is InChI=1S/C23H24FN7/c1-13(2)18-10-6-8-16(26-18)11-31-12-19(29-30-31)21-20(24)22(25)28-23(27-21)17-9-5-7-14(3)15(17)4/h5-10,12-13H,11H2,1-4H3,(H2,25,27,28). The van der Waals surface area contributed by atoms with Crippen LogP contribution < -0.4 is 5.73 Å². The summed E-state index contributed by atoms with van der Waals surface area (Å²) in [5.41, 5.74) is 10.9. The van der Waals surface area contributed by atoms with Crippen molar-refractivity contribution in [3.8, 4) is 22.8 Å². The van der Waals surface area contributed by atoms with Crippen molar-refractivity contribution >= 4 is 5.82 Å². The Bertz CT molecular complexity index is 1250. The van der Waals surface area contributed by atoms with E-state index in [4.69, 9.17) is 5.73 Å². The molecule has 4 aromatic rings. The van der Waals surface area contributed by atoms with Crippen LogP contribution in [0.3, 0.4) is 0 Å². The summed E-state index contributed by atoms with van der Waals surface area (Å²) in [5.74, 6) is -0.244. The van der Waals surface area contributed by atoms with Crippen molar-refractivity contribution in [3.05, 3.63) is 70.9 Å². The minimum atomic E-state index is -0.707. The number of hydrogen-bond acceptors (Lipinski definition) is 6. The van der Waals surface area contributed by atoms with Crippen molar-refractivity contribution in [2.24, 2.45) is 0 Å². The number of anilines is 1. The predicted molar refractivity (Wildman–Crippen MR) is 118 cm³/mol. The molecule has 0 amide bonds. The molecule has 158 valence electrons. The number of aromatic nitrogens is 6. The summed E-state index contributed by atoms with van der Waals surface area (Å²) in [6, 6.07) is 11.7. The second-order valence-electron chi connectivity index (χ2n) is 7.85. The maximum Gasteiger partial charge on any atom is 0.193 e. The number of aryl methyl sites for hydroxylation is 1. The van der Waals surface area contributed by atoms with Crippen LogP contribution >= 0.6 is 0 Å². The van der Waals surface area contributed by atoms with E-state index in [1.165, 1.54) is 0 Å². The first-order chi connectivity index (χ1) is 14.8. The second kappa shape index (κ2) is 8.22. The number of halogens is 1. The van der Waals surface area contributed by atoms with Gasteiger partial charge >= 0.3 is 0 Å². The number of rotatable bonds is 5. The molecule has 0 fully saturated rings. The first-order valence-corrected chi connectivity index (χ1v) is 10.1. The lowest BCUT2D eigenvalue weighted by molar-refractivity contribution is 0.623. The summed E-state index contributed by atoms with van der Waals surface area (Å²) >= 11 is 0. The van der Waals surface area contributed by atoms with Crippen LogP contribution in [0.4, 0.5) is 10.2 Å².